The molecule has 2 aromatic carbocycles. The number of nitrogens with one attached hydrogen (secondary N) is 1. The fraction of sp³-hybridized carbons (Fsp3) is 0.286. The summed E-state index contributed by atoms with van der Waals surface area (Å²) in [5.41, 5.74) is 0.994. The molecule has 0 radical (unpaired) electrons. The SMILES string of the molecule is O=C1C[C@@H](SC2CCC(=O)N2Cc2ccc(Oc3ccccc3)cc2)C(=O)N1. The highest BCUT2D eigenvalue weighted by molar-refractivity contribution is 8.01. The van der Waals surface area contributed by atoms with Gasteiger partial charge in [-0.25, -0.2) is 0 Å². The zero-order valence-corrected chi connectivity index (χ0v) is 16.0. The van der Waals surface area contributed by atoms with Crippen LogP contribution >= 0.6 is 11.8 Å². The van der Waals surface area contributed by atoms with Gasteiger partial charge in [0, 0.05) is 19.4 Å². The third-order valence-corrected chi connectivity index (χ3v) is 6.29. The Labute approximate surface area is 167 Å². The fourth-order valence-corrected chi connectivity index (χ4v) is 4.75. The minimum absolute atomic E-state index is 0.0758. The average Bonchev–Trinajstić information content (AvgIpc) is 3.19. The van der Waals surface area contributed by atoms with Crippen LogP contribution in [0.4, 0.5) is 0 Å². The predicted molar refractivity (Wildman–Crippen MR) is 106 cm³/mol. The van der Waals surface area contributed by atoms with Crippen LogP contribution in [0.1, 0.15) is 24.8 Å². The largest absolute Gasteiger partial charge is 0.457 e. The molecule has 2 atom stereocenters. The van der Waals surface area contributed by atoms with Gasteiger partial charge in [-0.05, 0) is 36.2 Å². The summed E-state index contributed by atoms with van der Waals surface area (Å²) in [6.07, 6.45) is 1.35. The summed E-state index contributed by atoms with van der Waals surface area (Å²) in [5.74, 6) is 1.08. The van der Waals surface area contributed by atoms with Crippen LogP contribution in [-0.2, 0) is 20.9 Å². The van der Waals surface area contributed by atoms with E-state index in [1.54, 1.807) is 4.90 Å². The highest BCUT2D eigenvalue weighted by Gasteiger charge is 2.38. The zero-order chi connectivity index (χ0) is 19.5. The minimum atomic E-state index is -0.410. The number of benzene rings is 2. The molecule has 6 nitrogen and oxygen atoms in total. The first-order chi connectivity index (χ1) is 13.6. The first kappa shape index (κ1) is 18.6. The first-order valence-electron chi connectivity index (χ1n) is 9.19. The molecule has 0 saturated carbocycles. The monoisotopic (exact) mass is 396 g/mol. The van der Waals surface area contributed by atoms with E-state index in [1.807, 2.05) is 54.6 Å². The summed E-state index contributed by atoms with van der Waals surface area (Å²) in [6.45, 7) is 0.477. The maximum absolute atomic E-state index is 12.3. The molecule has 2 aliphatic heterocycles. The Morgan fingerprint density at radius 3 is 2.39 bits per heavy atom. The van der Waals surface area contributed by atoms with Crippen molar-refractivity contribution in [1.29, 1.82) is 0 Å². The number of carbonyl (C=O) groups excluding carboxylic acids is 3. The molecule has 2 aliphatic rings. The molecule has 3 amide bonds. The molecule has 2 heterocycles. The summed E-state index contributed by atoms with van der Waals surface area (Å²) in [6, 6.07) is 17.2. The third-order valence-electron chi connectivity index (χ3n) is 4.78. The van der Waals surface area contributed by atoms with Crippen molar-refractivity contribution < 1.29 is 19.1 Å². The van der Waals surface area contributed by atoms with Crippen molar-refractivity contribution in [2.75, 3.05) is 0 Å². The van der Waals surface area contributed by atoms with E-state index in [-0.39, 0.29) is 29.5 Å². The van der Waals surface area contributed by atoms with Gasteiger partial charge in [0.15, 0.2) is 0 Å². The number of imide groups is 1. The van der Waals surface area contributed by atoms with Gasteiger partial charge in [0.05, 0.1) is 10.6 Å². The van der Waals surface area contributed by atoms with Crippen LogP contribution in [0.5, 0.6) is 11.5 Å². The number of hydrogen-bond acceptors (Lipinski definition) is 5. The molecule has 0 aliphatic carbocycles. The Morgan fingerprint density at radius 1 is 1.00 bits per heavy atom. The van der Waals surface area contributed by atoms with Gasteiger partial charge < -0.3 is 9.64 Å². The van der Waals surface area contributed by atoms with E-state index in [0.717, 1.165) is 17.1 Å². The van der Waals surface area contributed by atoms with Crippen molar-refractivity contribution >= 4 is 29.5 Å². The quantitative estimate of drug-likeness (QED) is 0.760. The normalized spacial score (nSPS) is 21.9. The number of nitrogens with zero attached hydrogens (tertiary/aromatic N) is 1. The standard InChI is InChI=1S/C21H20N2O4S/c24-18-12-17(21(26)22-18)28-20-11-10-19(25)23(20)13-14-6-8-16(9-7-14)27-15-4-2-1-3-5-15/h1-9,17,20H,10-13H2,(H,22,24,26)/t17-,20?/m1/s1. The summed E-state index contributed by atoms with van der Waals surface area (Å²) < 4.78 is 5.80. The van der Waals surface area contributed by atoms with Crippen molar-refractivity contribution in [2.45, 2.75) is 36.4 Å². The van der Waals surface area contributed by atoms with E-state index in [9.17, 15) is 14.4 Å². The van der Waals surface area contributed by atoms with Crippen LogP contribution in [0.25, 0.3) is 0 Å². The predicted octanol–water partition coefficient (Wildman–Crippen LogP) is 3.08. The molecule has 28 heavy (non-hydrogen) atoms. The summed E-state index contributed by atoms with van der Waals surface area (Å²) in [7, 11) is 0. The molecule has 2 saturated heterocycles. The fourth-order valence-electron chi connectivity index (χ4n) is 3.35. The van der Waals surface area contributed by atoms with Gasteiger partial charge in [-0.3, -0.25) is 19.7 Å². The number of carbonyl (C=O) groups is 3. The van der Waals surface area contributed by atoms with Gasteiger partial charge in [-0.1, -0.05) is 30.3 Å². The Balaban J connectivity index is 1.39. The number of hydrogen-bond donors (Lipinski definition) is 1. The van der Waals surface area contributed by atoms with E-state index in [4.69, 9.17) is 4.74 Å². The van der Waals surface area contributed by atoms with Gasteiger partial charge in [-0.2, -0.15) is 0 Å². The van der Waals surface area contributed by atoms with Crippen LogP contribution in [-0.4, -0.2) is 33.2 Å². The smallest absolute Gasteiger partial charge is 0.240 e. The molecule has 1 N–H and O–H groups in total. The lowest BCUT2D eigenvalue weighted by atomic mass is 10.2. The van der Waals surface area contributed by atoms with Crippen molar-refractivity contribution in [3.8, 4) is 11.5 Å². The third kappa shape index (κ3) is 4.20. The second kappa shape index (κ2) is 8.06. The molecular formula is C21H20N2O4S. The van der Waals surface area contributed by atoms with Crippen LogP contribution in [0.3, 0.4) is 0 Å². The second-order valence-corrected chi connectivity index (χ2v) is 8.20. The zero-order valence-electron chi connectivity index (χ0n) is 15.2. The van der Waals surface area contributed by atoms with Crippen LogP contribution in [0.15, 0.2) is 54.6 Å². The molecule has 7 heteroatoms. The van der Waals surface area contributed by atoms with Crippen molar-refractivity contribution in [2.24, 2.45) is 0 Å². The van der Waals surface area contributed by atoms with Crippen molar-refractivity contribution in [1.82, 2.24) is 10.2 Å². The van der Waals surface area contributed by atoms with Crippen LogP contribution in [0, 0.1) is 0 Å². The maximum Gasteiger partial charge on any atom is 0.240 e. The first-order valence-corrected chi connectivity index (χ1v) is 10.1. The molecule has 144 valence electrons. The minimum Gasteiger partial charge on any atom is -0.457 e. The Hall–Kier alpha value is -2.80. The van der Waals surface area contributed by atoms with Gasteiger partial charge in [0.25, 0.3) is 0 Å². The van der Waals surface area contributed by atoms with E-state index in [0.29, 0.717) is 19.4 Å². The number of amides is 3. The number of ether oxygens (including phenoxy) is 1. The molecular weight excluding hydrogens is 376 g/mol. The molecule has 1 unspecified atom stereocenters. The second-order valence-electron chi connectivity index (χ2n) is 6.82. The van der Waals surface area contributed by atoms with Crippen LogP contribution in [0.2, 0.25) is 0 Å². The highest BCUT2D eigenvalue weighted by atomic mass is 32.2. The van der Waals surface area contributed by atoms with Crippen molar-refractivity contribution in [3.05, 3.63) is 60.2 Å². The van der Waals surface area contributed by atoms with Gasteiger partial charge in [-0.15, -0.1) is 11.8 Å². The molecule has 2 fully saturated rings. The lowest BCUT2D eigenvalue weighted by Crippen LogP contribution is -2.33. The molecule has 2 aromatic rings. The Morgan fingerprint density at radius 2 is 1.71 bits per heavy atom. The van der Waals surface area contributed by atoms with E-state index < -0.39 is 5.25 Å². The number of para-hydroxylation sites is 1. The highest BCUT2D eigenvalue weighted by Crippen LogP contribution is 2.35. The molecule has 0 bridgehead atoms. The molecule has 4 rings (SSSR count). The average molecular weight is 396 g/mol. The molecule has 0 spiro atoms. The maximum atomic E-state index is 12.3. The van der Waals surface area contributed by atoms with Crippen LogP contribution < -0.4 is 10.1 Å². The van der Waals surface area contributed by atoms with Gasteiger partial charge in [0.2, 0.25) is 17.7 Å². The Kier molecular flexibility index (Phi) is 5.34. The van der Waals surface area contributed by atoms with E-state index in [1.165, 1.54) is 11.8 Å². The lowest BCUT2D eigenvalue weighted by molar-refractivity contribution is -0.129. The topological polar surface area (TPSA) is 75.7 Å². The summed E-state index contributed by atoms with van der Waals surface area (Å²) in [5, 5.41) is 1.83. The summed E-state index contributed by atoms with van der Waals surface area (Å²) in [4.78, 5) is 37.4. The van der Waals surface area contributed by atoms with Gasteiger partial charge in [0.1, 0.15) is 11.5 Å². The van der Waals surface area contributed by atoms with E-state index >= 15 is 0 Å². The summed E-state index contributed by atoms with van der Waals surface area (Å²) >= 11 is 1.41. The number of rotatable bonds is 6. The molecule has 0 aromatic heterocycles. The Bertz CT molecular complexity index is 885. The lowest BCUT2D eigenvalue weighted by Gasteiger charge is -2.26. The number of thioether (sulfide) groups is 1. The number of likely N-dealkylation sites (tertiary alicyclic amines) is 1. The van der Waals surface area contributed by atoms with Crippen molar-refractivity contribution in [3.63, 3.8) is 0 Å². The van der Waals surface area contributed by atoms with E-state index in [2.05, 4.69) is 5.32 Å². The van der Waals surface area contributed by atoms with Gasteiger partial charge >= 0.3 is 0 Å².